The van der Waals surface area contributed by atoms with E-state index >= 15 is 0 Å². The molecule has 11 aromatic rings. The van der Waals surface area contributed by atoms with Crippen molar-refractivity contribution in [3.05, 3.63) is 200 Å². The molecule has 0 bridgehead atoms. The Labute approximate surface area is 355 Å². The summed E-state index contributed by atoms with van der Waals surface area (Å²) in [5, 5.41) is 7.21. The number of anilines is 3. The van der Waals surface area contributed by atoms with Crippen molar-refractivity contribution >= 4 is 71.7 Å². The minimum Gasteiger partial charge on any atom is -0.456 e. The van der Waals surface area contributed by atoms with Crippen LogP contribution < -0.4 is 4.90 Å². The summed E-state index contributed by atoms with van der Waals surface area (Å²) < 4.78 is 12.6. The molecule has 292 valence electrons. The maximum absolute atomic E-state index is 6.44. The SMILES string of the molecule is c1ccc(N(c2ccc(-c3ccc4oc5ccccc5c4c3)cc2)c2ccccc2-c2cccc3cccc(C4CCCCC4)c23)c(-c2ccc3c(c2)oc2ccccc23)c1. The number of fused-ring (bicyclic) bond motifs is 7. The van der Waals surface area contributed by atoms with Gasteiger partial charge in [-0.2, -0.15) is 0 Å². The Kier molecular flexibility index (Phi) is 8.59. The first-order chi connectivity index (χ1) is 30.2. The lowest BCUT2D eigenvalue weighted by molar-refractivity contribution is 0.445. The third-order valence-corrected chi connectivity index (χ3v) is 13.1. The summed E-state index contributed by atoms with van der Waals surface area (Å²) in [6.45, 7) is 0. The van der Waals surface area contributed by atoms with Crippen LogP contribution in [0, 0.1) is 0 Å². The highest BCUT2D eigenvalue weighted by Crippen LogP contribution is 2.48. The standard InChI is InChI=1S/C58H43NO2/c1-2-14-39(15-3-1)45-22-12-16-40-17-13-23-50(58(40)45)46-19-5-9-25-53(46)59(43-32-28-38(29-33-43)41-31-35-56-51(36-41)48-21-7-11-27-55(48)60-56)52-24-8-4-18-44(52)42-30-34-49-47-20-6-10-26-54(47)61-57(49)37-42/h4-13,16-37,39H,1-3,14-15H2. The van der Waals surface area contributed by atoms with Gasteiger partial charge in [-0.05, 0) is 118 Å². The highest BCUT2D eigenvalue weighted by atomic mass is 16.3. The summed E-state index contributed by atoms with van der Waals surface area (Å²) >= 11 is 0. The van der Waals surface area contributed by atoms with Gasteiger partial charge in [0.25, 0.3) is 0 Å². The molecule has 1 aliphatic carbocycles. The van der Waals surface area contributed by atoms with Crippen LogP contribution >= 0.6 is 0 Å². The molecule has 2 aromatic heterocycles. The van der Waals surface area contributed by atoms with Gasteiger partial charge in [0.1, 0.15) is 22.3 Å². The quantitative estimate of drug-likeness (QED) is 0.161. The number of rotatable bonds is 7. The van der Waals surface area contributed by atoms with E-state index < -0.39 is 0 Å². The van der Waals surface area contributed by atoms with Crippen LogP contribution in [0.3, 0.4) is 0 Å². The van der Waals surface area contributed by atoms with Crippen LogP contribution in [0.1, 0.15) is 43.6 Å². The van der Waals surface area contributed by atoms with Crippen LogP contribution in [0.2, 0.25) is 0 Å². The monoisotopic (exact) mass is 785 g/mol. The molecule has 0 unspecified atom stereocenters. The maximum atomic E-state index is 6.44. The van der Waals surface area contributed by atoms with E-state index in [2.05, 4.69) is 175 Å². The fraction of sp³-hybridized carbons (Fsp3) is 0.103. The van der Waals surface area contributed by atoms with Crippen molar-refractivity contribution in [2.75, 3.05) is 4.90 Å². The second kappa shape index (κ2) is 14.7. The predicted octanol–water partition coefficient (Wildman–Crippen LogP) is 17.2. The molecule has 0 aliphatic heterocycles. The van der Waals surface area contributed by atoms with Crippen molar-refractivity contribution in [1.29, 1.82) is 0 Å². The van der Waals surface area contributed by atoms with E-state index in [1.54, 1.807) is 0 Å². The van der Waals surface area contributed by atoms with Crippen molar-refractivity contribution < 1.29 is 8.83 Å². The number of hydrogen-bond donors (Lipinski definition) is 0. The molecule has 0 amide bonds. The molecule has 0 N–H and O–H groups in total. The molecular formula is C58H43NO2. The Morgan fingerprint density at radius 2 is 0.951 bits per heavy atom. The topological polar surface area (TPSA) is 29.5 Å². The van der Waals surface area contributed by atoms with Crippen LogP contribution in [0.5, 0.6) is 0 Å². The molecule has 9 aromatic carbocycles. The molecule has 3 heteroatoms. The lowest BCUT2D eigenvalue weighted by Gasteiger charge is -2.31. The molecular weight excluding hydrogens is 743 g/mol. The predicted molar refractivity (Wildman–Crippen MR) is 255 cm³/mol. The number of nitrogens with zero attached hydrogens (tertiary/aromatic N) is 1. The van der Waals surface area contributed by atoms with Gasteiger partial charge in [0.2, 0.25) is 0 Å². The second-order valence-corrected chi connectivity index (χ2v) is 16.6. The molecule has 0 atom stereocenters. The summed E-state index contributed by atoms with van der Waals surface area (Å²) in [6.07, 6.45) is 6.43. The molecule has 1 aliphatic rings. The maximum Gasteiger partial charge on any atom is 0.136 e. The Morgan fingerprint density at radius 3 is 1.74 bits per heavy atom. The molecule has 3 nitrogen and oxygen atoms in total. The number of para-hydroxylation sites is 4. The molecule has 12 rings (SSSR count). The molecule has 1 saturated carbocycles. The van der Waals surface area contributed by atoms with Gasteiger partial charge in [-0.25, -0.2) is 0 Å². The van der Waals surface area contributed by atoms with E-state index in [4.69, 9.17) is 8.83 Å². The fourth-order valence-electron chi connectivity index (χ4n) is 10.2. The van der Waals surface area contributed by atoms with Gasteiger partial charge in [0.05, 0.1) is 11.4 Å². The third kappa shape index (κ3) is 6.11. The minimum atomic E-state index is 0.572. The van der Waals surface area contributed by atoms with Crippen molar-refractivity contribution in [3.63, 3.8) is 0 Å². The zero-order valence-electron chi connectivity index (χ0n) is 33.9. The molecule has 2 heterocycles. The normalized spacial score (nSPS) is 13.5. The van der Waals surface area contributed by atoms with Crippen LogP contribution in [0.25, 0.3) is 88.0 Å². The van der Waals surface area contributed by atoms with E-state index in [1.165, 1.54) is 59.6 Å². The first kappa shape index (κ1) is 35.6. The molecule has 0 saturated heterocycles. The van der Waals surface area contributed by atoms with Gasteiger partial charge in [0.15, 0.2) is 0 Å². The molecule has 61 heavy (non-hydrogen) atoms. The first-order valence-corrected chi connectivity index (χ1v) is 21.7. The van der Waals surface area contributed by atoms with E-state index in [-0.39, 0.29) is 0 Å². The molecule has 1 fully saturated rings. The number of benzene rings is 9. The molecule has 0 radical (unpaired) electrons. The average molecular weight is 786 g/mol. The van der Waals surface area contributed by atoms with Crippen molar-refractivity contribution in [1.82, 2.24) is 0 Å². The van der Waals surface area contributed by atoms with E-state index in [0.717, 1.165) is 83.2 Å². The Bertz CT molecular complexity index is 3410. The Balaban J connectivity index is 1.05. The Hall–Kier alpha value is -7.36. The van der Waals surface area contributed by atoms with Crippen LogP contribution in [-0.4, -0.2) is 0 Å². The largest absolute Gasteiger partial charge is 0.456 e. The van der Waals surface area contributed by atoms with Crippen molar-refractivity contribution in [2.24, 2.45) is 0 Å². The average Bonchev–Trinajstić information content (AvgIpc) is 3.90. The zero-order valence-corrected chi connectivity index (χ0v) is 33.9. The zero-order chi connectivity index (χ0) is 40.3. The van der Waals surface area contributed by atoms with Gasteiger partial charge in [-0.15, -0.1) is 0 Å². The van der Waals surface area contributed by atoms with Crippen LogP contribution in [0.4, 0.5) is 17.1 Å². The summed E-state index contributed by atoms with van der Waals surface area (Å²) in [5.74, 6) is 0.572. The Morgan fingerprint density at radius 1 is 0.377 bits per heavy atom. The van der Waals surface area contributed by atoms with Gasteiger partial charge in [0, 0.05) is 38.4 Å². The number of furan rings is 2. The van der Waals surface area contributed by atoms with E-state index in [1.807, 2.05) is 24.3 Å². The highest BCUT2D eigenvalue weighted by molar-refractivity contribution is 6.08. The summed E-state index contributed by atoms with van der Waals surface area (Å²) in [6, 6.07) is 70.4. The smallest absolute Gasteiger partial charge is 0.136 e. The highest BCUT2D eigenvalue weighted by Gasteiger charge is 2.24. The summed E-state index contributed by atoms with van der Waals surface area (Å²) in [5.41, 5.74) is 15.4. The number of hydrogen-bond acceptors (Lipinski definition) is 3. The second-order valence-electron chi connectivity index (χ2n) is 16.6. The summed E-state index contributed by atoms with van der Waals surface area (Å²) in [7, 11) is 0. The van der Waals surface area contributed by atoms with E-state index in [9.17, 15) is 0 Å². The van der Waals surface area contributed by atoms with Crippen molar-refractivity contribution in [3.8, 4) is 33.4 Å². The lowest BCUT2D eigenvalue weighted by Crippen LogP contribution is -2.12. The van der Waals surface area contributed by atoms with Gasteiger partial charge in [-0.3, -0.25) is 0 Å². The van der Waals surface area contributed by atoms with Crippen LogP contribution in [0.15, 0.2) is 203 Å². The van der Waals surface area contributed by atoms with Gasteiger partial charge < -0.3 is 13.7 Å². The minimum absolute atomic E-state index is 0.572. The van der Waals surface area contributed by atoms with Crippen molar-refractivity contribution in [2.45, 2.75) is 38.0 Å². The van der Waals surface area contributed by atoms with E-state index in [0.29, 0.717) is 5.92 Å². The third-order valence-electron chi connectivity index (χ3n) is 13.1. The fourth-order valence-corrected chi connectivity index (χ4v) is 10.2. The van der Waals surface area contributed by atoms with Crippen LogP contribution in [-0.2, 0) is 0 Å². The molecule has 0 spiro atoms. The first-order valence-electron chi connectivity index (χ1n) is 21.7. The van der Waals surface area contributed by atoms with Gasteiger partial charge >= 0.3 is 0 Å². The van der Waals surface area contributed by atoms with Gasteiger partial charge in [-0.1, -0.05) is 153 Å². The summed E-state index contributed by atoms with van der Waals surface area (Å²) in [4.78, 5) is 2.46. The lowest BCUT2D eigenvalue weighted by atomic mass is 9.80.